The Morgan fingerprint density at radius 2 is 1.42 bits per heavy atom. The lowest BCUT2D eigenvalue weighted by molar-refractivity contribution is 0.131. The molecule has 2 aromatic carbocycles. The minimum absolute atomic E-state index is 0.135. The van der Waals surface area contributed by atoms with Gasteiger partial charge in [0.15, 0.2) is 0 Å². The molecule has 0 aliphatic carbocycles. The number of nitriles is 1. The number of ether oxygens (including phenoxy) is 2. The molecule has 0 fully saturated rings. The van der Waals surface area contributed by atoms with Gasteiger partial charge in [0.05, 0.1) is 24.6 Å². The molecule has 2 rings (SSSR count). The van der Waals surface area contributed by atoms with Crippen molar-refractivity contribution in [1.82, 2.24) is 0 Å². The molecule has 0 aliphatic rings. The second-order valence-electron chi connectivity index (χ2n) is 13.1. The van der Waals surface area contributed by atoms with Crippen molar-refractivity contribution < 1.29 is 9.47 Å². The van der Waals surface area contributed by atoms with Crippen LogP contribution in [-0.4, -0.2) is 25.8 Å². The summed E-state index contributed by atoms with van der Waals surface area (Å²) in [5, 5.41) is 19.4. The lowest BCUT2D eigenvalue weighted by Crippen LogP contribution is -2.25. The molecule has 43 heavy (non-hydrogen) atoms. The Morgan fingerprint density at radius 3 is 2.05 bits per heavy atom. The second kappa shape index (κ2) is 20.2. The first-order chi connectivity index (χ1) is 20.7. The van der Waals surface area contributed by atoms with Crippen LogP contribution in [0.25, 0.3) is 0 Å². The van der Waals surface area contributed by atoms with E-state index in [1.807, 2.05) is 18.2 Å². The van der Waals surface area contributed by atoms with E-state index in [1.54, 1.807) is 14.2 Å². The molecule has 0 aliphatic heterocycles. The van der Waals surface area contributed by atoms with Crippen LogP contribution >= 0.6 is 0 Å². The van der Waals surface area contributed by atoms with Gasteiger partial charge >= 0.3 is 0 Å². The first-order valence-electron chi connectivity index (χ1n) is 16.9. The fourth-order valence-electron chi connectivity index (χ4n) is 5.94. The van der Waals surface area contributed by atoms with Crippen LogP contribution in [0.15, 0.2) is 58.8 Å². The fourth-order valence-corrected chi connectivity index (χ4v) is 5.94. The van der Waals surface area contributed by atoms with Gasteiger partial charge in [-0.2, -0.15) is 15.5 Å². The zero-order valence-corrected chi connectivity index (χ0v) is 28.2. The molecule has 238 valence electrons. The Balaban J connectivity index is 1.98. The van der Waals surface area contributed by atoms with E-state index in [1.165, 1.54) is 63.4 Å². The molecule has 0 heterocycles. The highest BCUT2D eigenvalue weighted by atomic mass is 16.5. The Morgan fingerprint density at radius 1 is 0.791 bits per heavy atom. The summed E-state index contributed by atoms with van der Waals surface area (Å²) in [5.41, 5.74) is 1.60. The van der Waals surface area contributed by atoms with Crippen LogP contribution in [-0.2, 0) is 11.8 Å². The third kappa shape index (κ3) is 14.4. The van der Waals surface area contributed by atoms with Gasteiger partial charge in [-0.05, 0) is 94.7 Å². The average Bonchev–Trinajstić information content (AvgIpc) is 2.99. The van der Waals surface area contributed by atoms with Crippen molar-refractivity contribution in [3.05, 3.63) is 59.7 Å². The zero-order chi connectivity index (χ0) is 31.4. The first-order valence-corrected chi connectivity index (χ1v) is 16.9. The topological polar surface area (TPSA) is 67.0 Å². The largest absolute Gasteiger partial charge is 0.497 e. The molecule has 2 unspecified atom stereocenters. The lowest BCUT2D eigenvalue weighted by Gasteiger charge is -2.28. The molecule has 5 heteroatoms. The molecule has 0 N–H and O–H groups in total. The third-order valence-electron chi connectivity index (χ3n) is 8.30. The van der Waals surface area contributed by atoms with Crippen LogP contribution in [0.3, 0.4) is 0 Å². The zero-order valence-electron chi connectivity index (χ0n) is 28.2. The highest BCUT2D eigenvalue weighted by Gasteiger charge is 2.32. The highest BCUT2D eigenvalue weighted by Crippen LogP contribution is 2.37. The summed E-state index contributed by atoms with van der Waals surface area (Å²) in [7, 11) is 3.45. The predicted molar refractivity (Wildman–Crippen MR) is 180 cm³/mol. The van der Waals surface area contributed by atoms with Crippen molar-refractivity contribution in [2.45, 2.75) is 147 Å². The normalized spacial score (nSPS) is 13.9. The molecule has 0 amide bonds. The van der Waals surface area contributed by atoms with Crippen LogP contribution in [0, 0.1) is 11.3 Å². The van der Waals surface area contributed by atoms with E-state index in [9.17, 15) is 5.26 Å². The second-order valence-corrected chi connectivity index (χ2v) is 13.1. The van der Waals surface area contributed by atoms with Gasteiger partial charge in [0.2, 0.25) is 0 Å². The van der Waals surface area contributed by atoms with E-state index in [0.717, 1.165) is 62.0 Å². The number of rotatable bonds is 22. The smallest absolute Gasteiger partial charge is 0.120 e. The summed E-state index contributed by atoms with van der Waals surface area (Å²) < 4.78 is 11.6. The number of nitrogens with zero attached hydrogens (tertiary/aromatic N) is 3. The van der Waals surface area contributed by atoms with Crippen LogP contribution in [0.1, 0.15) is 135 Å². The van der Waals surface area contributed by atoms with E-state index in [0.29, 0.717) is 0 Å². The Kier molecular flexibility index (Phi) is 17.0. The summed E-state index contributed by atoms with van der Waals surface area (Å²) in [6.45, 7) is 8.48. The van der Waals surface area contributed by atoms with E-state index in [2.05, 4.69) is 74.3 Å². The number of hydrogen-bond acceptors (Lipinski definition) is 5. The molecule has 0 spiro atoms. The van der Waals surface area contributed by atoms with Gasteiger partial charge in [0, 0.05) is 7.05 Å². The maximum Gasteiger partial charge on any atom is 0.120 e. The third-order valence-corrected chi connectivity index (χ3v) is 8.30. The monoisotopic (exact) mass is 589 g/mol. The van der Waals surface area contributed by atoms with Crippen molar-refractivity contribution in [2.75, 3.05) is 14.2 Å². The lowest BCUT2D eigenvalue weighted by atomic mass is 9.73. The van der Waals surface area contributed by atoms with E-state index in [-0.39, 0.29) is 11.6 Å². The maximum atomic E-state index is 10.6. The van der Waals surface area contributed by atoms with Gasteiger partial charge < -0.3 is 9.47 Å². The van der Waals surface area contributed by atoms with Crippen molar-refractivity contribution >= 4 is 0 Å². The molecule has 0 aromatic heterocycles. The van der Waals surface area contributed by atoms with Gasteiger partial charge in [-0.3, -0.25) is 0 Å². The van der Waals surface area contributed by atoms with Crippen LogP contribution in [0.5, 0.6) is 11.5 Å². The molecule has 5 nitrogen and oxygen atoms in total. The van der Waals surface area contributed by atoms with E-state index in [4.69, 9.17) is 9.47 Å². The van der Waals surface area contributed by atoms with Gasteiger partial charge in [-0.25, -0.2) is 0 Å². The number of unbranched alkanes of at least 4 members (excludes halogenated alkanes) is 9. The van der Waals surface area contributed by atoms with Crippen molar-refractivity contribution in [3.63, 3.8) is 0 Å². The van der Waals surface area contributed by atoms with Crippen molar-refractivity contribution in [1.29, 1.82) is 5.26 Å². The summed E-state index contributed by atoms with van der Waals surface area (Å²) in [6.07, 6.45) is 18.3. The summed E-state index contributed by atoms with van der Waals surface area (Å²) in [4.78, 5) is 0. The minimum atomic E-state index is -0.513. The number of methoxy groups -OCH3 is 1. The molecular formula is C38H59N3O2. The van der Waals surface area contributed by atoms with Gasteiger partial charge in [-0.15, -0.1) is 0 Å². The molecule has 0 saturated heterocycles. The quantitative estimate of drug-likeness (QED) is 0.101. The maximum absolute atomic E-state index is 10.6. The number of benzene rings is 2. The Hall–Kier alpha value is -2.87. The molecule has 0 radical (unpaired) electrons. The van der Waals surface area contributed by atoms with Crippen molar-refractivity contribution in [2.24, 2.45) is 10.2 Å². The summed E-state index contributed by atoms with van der Waals surface area (Å²) in [6, 6.07) is 19.5. The molecule has 2 atom stereocenters. The van der Waals surface area contributed by atoms with E-state index < -0.39 is 5.41 Å². The molecule has 2 aromatic rings. The summed E-state index contributed by atoms with van der Waals surface area (Å²) >= 11 is 0. The van der Waals surface area contributed by atoms with Crippen molar-refractivity contribution in [3.8, 4) is 17.6 Å². The SMILES string of the molecule is CCCCCCCCCCCCC(C#N)(CCCC(CCc1cccc(OC(C)(C)C)c1)N=NC)c1cccc(OC)c1. The standard InChI is InChI=1S/C38H59N3O2/c1-7-8-9-10-11-12-13-14-15-16-27-38(31-39,33-21-18-23-35(30-33)42-6)28-19-22-34(41-40-5)26-25-32-20-17-24-36(29-32)43-37(2,3)4/h17-18,20-21,23-24,29-30,34H,7-16,19,22,25-28H2,1-6H3. The summed E-state index contributed by atoms with van der Waals surface area (Å²) in [5.74, 6) is 1.72. The molecular weight excluding hydrogens is 530 g/mol. The van der Waals surface area contributed by atoms with E-state index >= 15 is 0 Å². The number of hydrogen-bond donors (Lipinski definition) is 0. The molecule has 0 saturated carbocycles. The number of aryl methyl sites for hydroxylation is 1. The number of azo groups is 1. The predicted octanol–water partition coefficient (Wildman–Crippen LogP) is 11.2. The van der Waals surface area contributed by atoms with Gasteiger partial charge in [0.1, 0.15) is 17.1 Å². The van der Waals surface area contributed by atoms with Gasteiger partial charge in [-0.1, -0.05) is 95.4 Å². The Labute approximate surface area is 263 Å². The minimum Gasteiger partial charge on any atom is -0.497 e. The van der Waals surface area contributed by atoms with Crippen LogP contribution in [0.4, 0.5) is 0 Å². The average molecular weight is 590 g/mol. The highest BCUT2D eigenvalue weighted by molar-refractivity contribution is 5.38. The Bertz CT molecular complexity index is 1100. The van der Waals surface area contributed by atoms with Gasteiger partial charge in [0.25, 0.3) is 0 Å². The van der Waals surface area contributed by atoms with Crippen LogP contribution in [0.2, 0.25) is 0 Å². The molecule has 0 bridgehead atoms. The fraction of sp³-hybridized carbons (Fsp3) is 0.658. The van der Waals surface area contributed by atoms with Crippen LogP contribution < -0.4 is 9.47 Å². The first kappa shape index (κ1) is 36.3.